The highest BCUT2D eigenvalue weighted by Gasteiger charge is 2.41. The molecule has 5 nitrogen and oxygen atoms in total. The number of esters is 1. The maximum Gasteiger partial charge on any atom is 0.433 e. The normalized spacial score (nSPS) is 26.2. The molecule has 0 saturated heterocycles. The lowest BCUT2D eigenvalue weighted by atomic mass is 9.78. The molecule has 0 aliphatic heterocycles. The quantitative estimate of drug-likeness (QED) is 0.350. The summed E-state index contributed by atoms with van der Waals surface area (Å²) in [4.78, 5) is 26.6. The molecule has 1 fully saturated rings. The number of carbonyl (C=O) groups is 2. The van der Waals surface area contributed by atoms with E-state index in [-0.39, 0.29) is 37.3 Å². The van der Waals surface area contributed by atoms with Crippen molar-refractivity contribution in [2.24, 2.45) is 22.6 Å². The van der Waals surface area contributed by atoms with Crippen LogP contribution in [0.15, 0.2) is 16.8 Å². The lowest BCUT2D eigenvalue weighted by Crippen LogP contribution is -2.35. The highest BCUT2D eigenvalue weighted by molar-refractivity contribution is 6.71. The lowest BCUT2D eigenvalue weighted by Gasteiger charge is -2.31. The van der Waals surface area contributed by atoms with Gasteiger partial charge in [-0.05, 0) is 43.7 Å². The molecule has 1 aliphatic carbocycles. The molecular formula is C15H20ClF3N2O3. The first-order valence-electron chi connectivity index (χ1n) is 7.55. The van der Waals surface area contributed by atoms with Gasteiger partial charge in [0.25, 0.3) is 5.24 Å². The van der Waals surface area contributed by atoms with E-state index in [4.69, 9.17) is 22.1 Å². The van der Waals surface area contributed by atoms with Crippen LogP contribution in [0.4, 0.5) is 13.2 Å². The second-order valence-corrected chi connectivity index (χ2v) is 5.98. The topological polar surface area (TPSA) is 81.8 Å². The van der Waals surface area contributed by atoms with Gasteiger partial charge in [0.05, 0.1) is 24.1 Å². The number of hydrogen-bond donors (Lipinski definition) is 1. The molecule has 9 heteroatoms. The number of nitrogens with zero attached hydrogens (tertiary/aromatic N) is 1. The first kappa shape index (κ1) is 20.5. The number of allylic oxidation sites excluding steroid dienone is 1. The number of halogens is 4. The molecule has 0 aromatic heterocycles. The molecule has 0 unspecified atom stereocenters. The zero-order valence-electron chi connectivity index (χ0n) is 13.4. The molecule has 0 aromatic rings. The fourth-order valence-electron chi connectivity index (χ4n) is 2.80. The van der Waals surface area contributed by atoms with Gasteiger partial charge in [-0.2, -0.15) is 13.2 Å². The van der Waals surface area contributed by atoms with Crippen LogP contribution < -0.4 is 5.73 Å². The van der Waals surface area contributed by atoms with Gasteiger partial charge in [0.1, 0.15) is 0 Å². The Morgan fingerprint density at radius 2 is 2.00 bits per heavy atom. The molecule has 2 N–H and O–H groups in total. The van der Waals surface area contributed by atoms with E-state index in [9.17, 15) is 22.8 Å². The van der Waals surface area contributed by atoms with Gasteiger partial charge in [0.15, 0.2) is 5.71 Å². The smallest absolute Gasteiger partial charge is 0.433 e. The number of carbonyl (C=O) groups excluding carboxylic acids is 2. The summed E-state index contributed by atoms with van der Waals surface area (Å²) >= 11 is 5.16. The molecule has 1 aliphatic rings. The Balaban J connectivity index is 2.98. The van der Waals surface area contributed by atoms with Crippen LogP contribution in [0.3, 0.4) is 0 Å². The monoisotopic (exact) mass is 368 g/mol. The third kappa shape index (κ3) is 5.22. The summed E-state index contributed by atoms with van der Waals surface area (Å²) in [6.45, 7) is 3.71. The molecule has 0 aromatic carbocycles. The largest absolute Gasteiger partial charge is 0.466 e. The van der Waals surface area contributed by atoms with Crippen molar-refractivity contribution in [3.63, 3.8) is 0 Å². The van der Waals surface area contributed by atoms with Crippen molar-refractivity contribution in [2.75, 3.05) is 6.61 Å². The molecule has 24 heavy (non-hydrogen) atoms. The maximum atomic E-state index is 13.2. The number of hydrogen-bond acceptors (Lipinski definition) is 5. The molecule has 1 saturated carbocycles. The Labute approximate surface area is 143 Å². The SMILES string of the molecule is CCOC(=O)[C@H]1CC[C@H](N=C(C(=CN)C(=O)Cl)C(F)(F)F)C[C@H]1C. The number of ether oxygens (including phenoxy) is 1. The van der Waals surface area contributed by atoms with Gasteiger partial charge in [-0.3, -0.25) is 14.6 Å². The molecule has 136 valence electrons. The van der Waals surface area contributed by atoms with Crippen LogP contribution in [-0.4, -0.2) is 35.7 Å². The van der Waals surface area contributed by atoms with Crippen LogP contribution in [0.5, 0.6) is 0 Å². The van der Waals surface area contributed by atoms with Crippen molar-refractivity contribution >= 4 is 28.5 Å². The Kier molecular flexibility index (Phi) is 7.26. The summed E-state index contributed by atoms with van der Waals surface area (Å²) in [5, 5.41) is -1.32. The Morgan fingerprint density at radius 3 is 2.42 bits per heavy atom. The molecule has 0 spiro atoms. The summed E-state index contributed by atoms with van der Waals surface area (Å²) in [5.74, 6) is -0.884. The second-order valence-electron chi connectivity index (χ2n) is 5.63. The number of rotatable bonds is 5. The first-order chi connectivity index (χ1) is 11.1. The molecule has 0 amide bonds. The Bertz CT molecular complexity index is 547. The summed E-state index contributed by atoms with van der Waals surface area (Å²) in [5.41, 5.74) is 2.84. The van der Waals surface area contributed by atoms with Crippen molar-refractivity contribution in [2.45, 2.75) is 45.3 Å². The minimum Gasteiger partial charge on any atom is -0.466 e. The zero-order valence-corrected chi connectivity index (χ0v) is 14.2. The molecule has 0 bridgehead atoms. The zero-order chi connectivity index (χ0) is 18.5. The average molecular weight is 369 g/mol. The van der Waals surface area contributed by atoms with Crippen LogP contribution >= 0.6 is 11.6 Å². The number of nitrogens with two attached hydrogens (primary N) is 1. The minimum atomic E-state index is -4.85. The van der Waals surface area contributed by atoms with E-state index < -0.39 is 28.7 Å². The van der Waals surface area contributed by atoms with Gasteiger partial charge in [-0.1, -0.05) is 6.92 Å². The van der Waals surface area contributed by atoms with Crippen LogP contribution in [0.1, 0.15) is 33.1 Å². The predicted octanol–water partition coefficient (Wildman–Crippen LogP) is 2.97. The third-order valence-electron chi connectivity index (χ3n) is 3.94. The van der Waals surface area contributed by atoms with Crippen LogP contribution in [0.25, 0.3) is 0 Å². The minimum absolute atomic E-state index is 0.182. The molecule has 0 heterocycles. The van der Waals surface area contributed by atoms with E-state index in [0.29, 0.717) is 12.6 Å². The van der Waals surface area contributed by atoms with E-state index in [1.165, 1.54) is 0 Å². The van der Waals surface area contributed by atoms with Gasteiger partial charge in [-0.25, -0.2) is 0 Å². The highest BCUT2D eigenvalue weighted by atomic mass is 35.5. The fourth-order valence-corrected chi connectivity index (χ4v) is 2.95. The first-order valence-corrected chi connectivity index (χ1v) is 7.93. The molecule has 3 atom stereocenters. The average Bonchev–Trinajstić information content (AvgIpc) is 2.46. The van der Waals surface area contributed by atoms with Crippen LogP contribution in [0.2, 0.25) is 0 Å². The predicted molar refractivity (Wildman–Crippen MR) is 83.5 cm³/mol. The third-order valence-corrected chi connectivity index (χ3v) is 4.15. The van der Waals surface area contributed by atoms with Gasteiger partial charge < -0.3 is 10.5 Å². The standard InChI is InChI=1S/C15H20ClF3N2O3/c1-3-24-14(23)10-5-4-9(6-8(10)2)21-12(15(17,18)19)11(7-20)13(16)22/h7-10H,3-6,20H2,1-2H3/t8-,9+,10+/m1/s1. The summed E-state index contributed by atoms with van der Waals surface area (Å²) in [6, 6.07) is -0.673. The van der Waals surface area contributed by atoms with Gasteiger partial charge in [-0.15, -0.1) is 0 Å². The van der Waals surface area contributed by atoms with Gasteiger partial charge in [0.2, 0.25) is 0 Å². The highest BCUT2D eigenvalue weighted by Crippen LogP contribution is 2.34. The molecular weight excluding hydrogens is 349 g/mol. The van der Waals surface area contributed by atoms with Crippen LogP contribution in [0, 0.1) is 11.8 Å². The van der Waals surface area contributed by atoms with Crippen molar-refractivity contribution in [1.29, 1.82) is 0 Å². The Hall–Kier alpha value is -1.57. The number of aliphatic imine (C=N–C) groups is 1. The fraction of sp³-hybridized carbons (Fsp3) is 0.667. The lowest BCUT2D eigenvalue weighted by molar-refractivity contribution is -0.151. The van der Waals surface area contributed by atoms with Gasteiger partial charge >= 0.3 is 12.1 Å². The van der Waals surface area contributed by atoms with E-state index >= 15 is 0 Å². The maximum absolute atomic E-state index is 13.2. The van der Waals surface area contributed by atoms with E-state index in [0.717, 1.165) is 0 Å². The molecule has 1 rings (SSSR count). The Morgan fingerprint density at radius 1 is 1.38 bits per heavy atom. The van der Waals surface area contributed by atoms with E-state index in [1.807, 2.05) is 0 Å². The van der Waals surface area contributed by atoms with Gasteiger partial charge in [0, 0.05) is 6.20 Å². The summed E-state index contributed by atoms with van der Waals surface area (Å²) in [7, 11) is 0. The van der Waals surface area contributed by atoms with Crippen LogP contribution in [-0.2, 0) is 14.3 Å². The molecule has 0 radical (unpaired) electrons. The van der Waals surface area contributed by atoms with Crippen molar-refractivity contribution in [3.05, 3.63) is 11.8 Å². The van der Waals surface area contributed by atoms with E-state index in [2.05, 4.69) is 4.99 Å². The van der Waals surface area contributed by atoms with Crippen molar-refractivity contribution < 1.29 is 27.5 Å². The van der Waals surface area contributed by atoms with Crippen molar-refractivity contribution in [3.8, 4) is 0 Å². The number of alkyl halides is 3. The van der Waals surface area contributed by atoms with E-state index in [1.54, 1.807) is 13.8 Å². The second kappa shape index (κ2) is 8.50. The van der Waals surface area contributed by atoms with Crippen molar-refractivity contribution in [1.82, 2.24) is 0 Å². The summed E-state index contributed by atoms with van der Waals surface area (Å²) < 4.78 is 44.5. The summed E-state index contributed by atoms with van der Waals surface area (Å²) in [6.07, 6.45) is -3.42.